The van der Waals surface area contributed by atoms with Crippen molar-refractivity contribution in [2.24, 2.45) is 5.73 Å². The number of carboxylic acid groups (broad SMARTS) is 1. The Labute approximate surface area is 70.2 Å². The quantitative estimate of drug-likeness (QED) is 0.335. The lowest BCUT2D eigenvalue weighted by atomic mass is 10.3. The molecule has 0 amide bonds. The molecule has 6 heteroatoms. The number of hydrogen-bond acceptors (Lipinski definition) is 5. The van der Waals surface area contributed by atoms with Crippen molar-refractivity contribution in [3.8, 4) is 0 Å². The molecule has 0 bridgehead atoms. The van der Waals surface area contributed by atoms with Crippen molar-refractivity contribution in [1.82, 2.24) is 0 Å². The largest absolute Gasteiger partial charge is 0.480 e. The second-order valence-electron chi connectivity index (χ2n) is 2.16. The fourth-order valence-corrected chi connectivity index (χ4v) is 0.0781. The second kappa shape index (κ2) is 8.41. The van der Waals surface area contributed by atoms with Crippen LogP contribution in [0.2, 0.25) is 0 Å². The molecule has 0 saturated carbocycles. The summed E-state index contributed by atoms with van der Waals surface area (Å²) in [4.78, 5) is 9.65. The first kappa shape index (κ1) is 13.9. The van der Waals surface area contributed by atoms with E-state index in [4.69, 9.17) is 26.2 Å². The van der Waals surface area contributed by atoms with E-state index in [2.05, 4.69) is 0 Å². The van der Waals surface area contributed by atoms with E-state index in [9.17, 15) is 4.79 Å². The van der Waals surface area contributed by atoms with Crippen molar-refractivity contribution in [3.63, 3.8) is 0 Å². The fraction of sp³-hybridized carbons (Fsp3) is 0.833. The van der Waals surface area contributed by atoms with Gasteiger partial charge in [-0.25, -0.2) is 0 Å². The van der Waals surface area contributed by atoms with Gasteiger partial charge in [0.1, 0.15) is 6.04 Å². The highest BCUT2D eigenvalue weighted by Crippen LogP contribution is 1.71. The zero-order chi connectivity index (χ0) is 10.1. The standard InChI is InChI=1S/C3H7NO3.C3H8O2/c4-2(1-5)3(6)7;1-3(5)2-4/h2,5H,1,4H2,(H,6,7);3-5H,2H2,1H3. The highest BCUT2D eigenvalue weighted by Gasteiger charge is 2.06. The van der Waals surface area contributed by atoms with E-state index in [1.165, 1.54) is 6.92 Å². The van der Waals surface area contributed by atoms with Gasteiger partial charge in [-0.15, -0.1) is 0 Å². The molecule has 2 atom stereocenters. The van der Waals surface area contributed by atoms with Gasteiger partial charge in [-0.3, -0.25) is 4.79 Å². The number of carboxylic acids is 1. The molecule has 0 aromatic carbocycles. The third-order valence-electron chi connectivity index (χ3n) is 0.778. The van der Waals surface area contributed by atoms with Gasteiger partial charge < -0.3 is 26.2 Å². The maximum atomic E-state index is 9.65. The number of aliphatic hydroxyl groups excluding tert-OH is 3. The summed E-state index contributed by atoms with van der Waals surface area (Å²) in [5, 5.41) is 31.9. The van der Waals surface area contributed by atoms with Gasteiger partial charge in [-0.05, 0) is 6.92 Å². The Balaban J connectivity index is 0. The summed E-state index contributed by atoms with van der Waals surface area (Å²) in [6, 6.07) is -1.13. The van der Waals surface area contributed by atoms with Crippen molar-refractivity contribution >= 4 is 5.97 Å². The third-order valence-corrected chi connectivity index (χ3v) is 0.778. The van der Waals surface area contributed by atoms with Crippen LogP contribution in [0.3, 0.4) is 0 Å². The average molecular weight is 181 g/mol. The molecule has 74 valence electrons. The van der Waals surface area contributed by atoms with Gasteiger partial charge in [0.25, 0.3) is 0 Å². The number of aliphatic carboxylic acids is 1. The molecule has 0 aliphatic rings. The van der Waals surface area contributed by atoms with Crippen LogP contribution in [0.4, 0.5) is 0 Å². The Hall–Kier alpha value is -0.690. The maximum absolute atomic E-state index is 9.65. The summed E-state index contributed by atoms with van der Waals surface area (Å²) in [6.45, 7) is 0.884. The van der Waals surface area contributed by atoms with Crippen LogP contribution >= 0.6 is 0 Å². The van der Waals surface area contributed by atoms with Gasteiger partial charge >= 0.3 is 5.97 Å². The van der Waals surface area contributed by atoms with Gasteiger partial charge in [0, 0.05) is 0 Å². The van der Waals surface area contributed by atoms with Crippen molar-refractivity contribution in [2.75, 3.05) is 13.2 Å². The van der Waals surface area contributed by atoms with Crippen LogP contribution in [-0.4, -0.2) is 51.8 Å². The molecule has 0 fully saturated rings. The molecule has 0 aromatic heterocycles. The summed E-state index contributed by atoms with van der Waals surface area (Å²) in [7, 11) is 0. The predicted octanol–water partition coefficient (Wildman–Crippen LogP) is -2.25. The van der Waals surface area contributed by atoms with E-state index in [0.717, 1.165) is 0 Å². The smallest absolute Gasteiger partial charge is 0.322 e. The molecule has 0 spiro atoms. The molecule has 6 nitrogen and oxygen atoms in total. The van der Waals surface area contributed by atoms with Crippen LogP contribution in [0.15, 0.2) is 0 Å². The van der Waals surface area contributed by atoms with Crippen LogP contribution in [0.1, 0.15) is 6.92 Å². The summed E-state index contributed by atoms with van der Waals surface area (Å²) < 4.78 is 0. The van der Waals surface area contributed by atoms with E-state index in [0.29, 0.717) is 0 Å². The van der Waals surface area contributed by atoms with E-state index in [1.54, 1.807) is 0 Å². The number of carbonyl (C=O) groups is 1. The molecular formula is C6H15NO5. The Morgan fingerprint density at radius 2 is 1.75 bits per heavy atom. The highest BCUT2D eigenvalue weighted by molar-refractivity contribution is 5.73. The van der Waals surface area contributed by atoms with Crippen molar-refractivity contribution < 1.29 is 25.2 Å². The first-order chi connectivity index (χ1) is 5.45. The summed E-state index contributed by atoms with van der Waals surface area (Å²) in [6.07, 6.45) is -0.560. The maximum Gasteiger partial charge on any atom is 0.322 e. The highest BCUT2D eigenvalue weighted by atomic mass is 16.4. The van der Waals surface area contributed by atoms with Gasteiger partial charge in [0.05, 0.1) is 19.3 Å². The molecule has 0 aliphatic carbocycles. The first-order valence-corrected chi connectivity index (χ1v) is 3.33. The Morgan fingerprint density at radius 3 is 1.75 bits per heavy atom. The van der Waals surface area contributed by atoms with Crippen molar-refractivity contribution in [3.05, 3.63) is 0 Å². The summed E-state index contributed by atoms with van der Waals surface area (Å²) in [5.74, 6) is -1.18. The second-order valence-corrected chi connectivity index (χ2v) is 2.16. The van der Waals surface area contributed by atoms with Gasteiger partial charge in [0.15, 0.2) is 0 Å². The van der Waals surface area contributed by atoms with E-state index >= 15 is 0 Å². The van der Waals surface area contributed by atoms with Gasteiger partial charge in [-0.2, -0.15) is 0 Å². The minimum atomic E-state index is -1.18. The molecule has 0 saturated heterocycles. The Morgan fingerprint density at radius 1 is 1.42 bits per heavy atom. The zero-order valence-corrected chi connectivity index (χ0v) is 6.84. The van der Waals surface area contributed by atoms with Crippen LogP contribution < -0.4 is 5.73 Å². The fourth-order valence-electron chi connectivity index (χ4n) is 0.0781. The van der Waals surface area contributed by atoms with Crippen LogP contribution in [0.25, 0.3) is 0 Å². The summed E-state index contributed by atoms with van der Waals surface area (Å²) >= 11 is 0. The lowest BCUT2D eigenvalue weighted by Crippen LogP contribution is -2.33. The van der Waals surface area contributed by atoms with Gasteiger partial charge in [-0.1, -0.05) is 0 Å². The van der Waals surface area contributed by atoms with Crippen LogP contribution in [-0.2, 0) is 4.79 Å². The van der Waals surface area contributed by atoms with E-state index in [1.807, 2.05) is 0 Å². The van der Waals surface area contributed by atoms with Crippen LogP contribution in [0.5, 0.6) is 0 Å². The number of rotatable bonds is 3. The molecule has 0 rings (SSSR count). The molecule has 0 radical (unpaired) electrons. The lowest BCUT2D eigenvalue weighted by Gasteiger charge is -1.96. The van der Waals surface area contributed by atoms with Crippen LogP contribution in [0, 0.1) is 0 Å². The predicted molar refractivity (Wildman–Crippen MR) is 41.5 cm³/mol. The zero-order valence-electron chi connectivity index (χ0n) is 6.84. The summed E-state index contributed by atoms with van der Waals surface area (Å²) in [5.41, 5.74) is 4.77. The Kier molecular flexibility index (Phi) is 9.72. The van der Waals surface area contributed by atoms with E-state index < -0.39 is 24.7 Å². The first-order valence-electron chi connectivity index (χ1n) is 3.33. The number of hydrogen-bond donors (Lipinski definition) is 5. The minimum Gasteiger partial charge on any atom is -0.480 e. The van der Waals surface area contributed by atoms with E-state index in [-0.39, 0.29) is 6.61 Å². The number of aliphatic hydroxyl groups is 3. The molecule has 2 unspecified atom stereocenters. The lowest BCUT2D eigenvalue weighted by molar-refractivity contribution is -0.139. The minimum absolute atomic E-state index is 0.139. The normalized spacial score (nSPS) is 14.1. The molecule has 0 aliphatic heterocycles. The molecule has 6 N–H and O–H groups in total. The average Bonchev–Trinajstić information content (AvgIpc) is 2.04. The number of nitrogens with two attached hydrogens (primary N) is 1. The SMILES string of the molecule is CC(O)CO.NC(CO)C(=O)O. The van der Waals surface area contributed by atoms with Crippen molar-refractivity contribution in [1.29, 1.82) is 0 Å². The molecule has 12 heavy (non-hydrogen) atoms. The van der Waals surface area contributed by atoms with Gasteiger partial charge in [0.2, 0.25) is 0 Å². The Bertz CT molecular complexity index is 117. The third kappa shape index (κ3) is 12.0. The molecule has 0 aromatic rings. The topological polar surface area (TPSA) is 124 Å². The van der Waals surface area contributed by atoms with Crippen molar-refractivity contribution in [2.45, 2.75) is 19.1 Å². The molecular weight excluding hydrogens is 166 g/mol. The molecule has 0 heterocycles. The monoisotopic (exact) mass is 181 g/mol.